The molecule has 1 N–H and O–H groups in total. The first-order chi connectivity index (χ1) is 22.3. The number of carbonyl (C=O) groups excluding carboxylic acids is 6. The van der Waals surface area contributed by atoms with Gasteiger partial charge in [-0.2, -0.15) is 0 Å². The van der Waals surface area contributed by atoms with Gasteiger partial charge >= 0.3 is 0 Å². The highest BCUT2D eigenvalue weighted by Crippen LogP contribution is 2.65. The van der Waals surface area contributed by atoms with Crippen molar-refractivity contribution in [2.24, 2.45) is 29.1 Å². The number of carbonyl (C=O) groups is 6. The van der Waals surface area contributed by atoms with Gasteiger partial charge in [0.05, 0.1) is 6.04 Å². The van der Waals surface area contributed by atoms with Gasteiger partial charge in [-0.05, 0) is 35.7 Å². The molecule has 3 aliphatic rings. The van der Waals surface area contributed by atoms with Crippen LogP contribution in [0.4, 0.5) is 0 Å². The lowest BCUT2D eigenvalue weighted by Gasteiger charge is -2.32. The molecule has 6 atom stereocenters. The molecule has 4 rings (SSSR count). The number of piperidine rings is 1. The van der Waals surface area contributed by atoms with E-state index in [1.165, 1.54) is 4.90 Å². The zero-order chi connectivity index (χ0) is 34.3. The van der Waals surface area contributed by atoms with E-state index < -0.39 is 35.5 Å². The largest absolute Gasteiger partial charge is 0.347 e. The van der Waals surface area contributed by atoms with Crippen LogP contribution in [0, 0.1) is 29.1 Å². The van der Waals surface area contributed by atoms with Gasteiger partial charge in [0.2, 0.25) is 23.5 Å². The summed E-state index contributed by atoms with van der Waals surface area (Å²) < 4.78 is 0. The van der Waals surface area contributed by atoms with E-state index in [1.54, 1.807) is 43.3 Å². The molecule has 3 amide bonds. The van der Waals surface area contributed by atoms with Gasteiger partial charge in [-0.15, -0.1) is 0 Å². The lowest BCUT2D eigenvalue weighted by molar-refractivity contribution is -0.144. The van der Waals surface area contributed by atoms with Crippen LogP contribution in [0.5, 0.6) is 0 Å². The highest BCUT2D eigenvalue weighted by Gasteiger charge is 2.69. The maximum Gasteiger partial charge on any atom is 0.249 e. The zero-order valence-corrected chi connectivity index (χ0v) is 29.1. The van der Waals surface area contributed by atoms with E-state index in [1.807, 2.05) is 13.0 Å². The first-order valence-corrected chi connectivity index (χ1v) is 17.8. The second-order valence-electron chi connectivity index (χ2n) is 15.0. The van der Waals surface area contributed by atoms with Crippen LogP contribution in [0.3, 0.4) is 0 Å². The predicted octanol–water partition coefficient (Wildman–Crippen LogP) is 5.46. The van der Waals surface area contributed by atoms with Crippen LogP contribution in [0.15, 0.2) is 30.3 Å². The monoisotopic (exact) mass is 649 g/mol. The van der Waals surface area contributed by atoms with Gasteiger partial charge in [0, 0.05) is 51.7 Å². The highest BCUT2D eigenvalue weighted by atomic mass is 16.2. The van der Waals surface area contributed by atoms with Crippen molar-refractivity contribution in [2.45, 2.75) is 116 Å². The summed E-state index contributed by atoms with van der Waals surface area (Å²) in [5, 5.41) is 2.73. The fraction of sp³-hybridized carbons (Fsp3) is 0.684. The molecule has 0 aromatic heterocycles. The number of hydrogen-bond donors (Lipinski definition) is 1. The van der Waals surface area contributed by atoms with Crippen molar-refractivity contribution in [3.05, 3.63) is 35.9 Å². The summed E-state index contributed by atoms with van der Waals surface area (Å²) in [5.41, 5.74) is 0.588. The highest BCUT2D eigenvalue weighted by molar-refractivity contribution is 6.38. The molecule has 0 spiro atoms. The summed E-state index contributed by atoms with van der Waals surface area (Å²) in [6.45, 7) is 6.83. The number of likely N-dealkylation sites (N-methyl/N-ethyl adjacent to an activating group) is 1. The summed E-state index contributed by atoms with van der Waals surface area (Å²) in [4.78, 5) is 83.5. The second-order valence-corrected chi connectivity index (χ2v) is 15.0. The number of nitrogens with one attached hydrogen (secondary N) is 1. The molecule has 3 fully saturated rings. The first-order valence-electron chi connectivity index (χ1n) is 17.8. The van der Waals surface area contributed by atoms with E-state index in [-0.39, 0.29) is 60.0 Å². The Morgan fingerprint density at radius 1 is 0.894 bits per heavy atom. The average molecular weight is 650 g/mol. The molecule has 0 bridgehead atoms. The Labute approximate surface area is 280 Å². The fourth-order valence-electron chi connectivity index (χ4n) is 7.88. The third-order valence-electron chi connectivity index (χ3n) is 11.0. The molecule has 0 unspecified atom stereocenters. The van der Waals surface area contributed by atoms with Crippen molar-refractivity contribution < 1.29 is 28.8 Å². The van der Waals surface area contributed by atoms with Gasteiger partial charge in [0.1, 0.15) is 6.04 Å². The van der Waals surface area contributed by atoms with Gasteiger partial charge in [-0.25, -0.2) is 0 Å². The number of Topliss-reactive ketones (excluding diaryl/α,β-unsaturated/α-hetero) is 3. The van der Waals surface area contributed by atoms with E-state index in [0.29, 0.717) is 18.5 Å². The quantitative estimate of drug-likeness (QED) is 0.374. The molecule has 1 saturated carbocycles. The van der Waals surface area contributed by atoms with Crippen LogP contribution in [0.25, 0.3) is 0 Å². The maximum atomic E-state index is 14.0. The van der Waals surface area contributed by atoms with Crippen molar-refractivity contribution in [3.63, 3.8) is 0 Å². The minimum Gasteiger partial charge on any atom is -0.347 e. The van der Waals surface area contributed by atoms with Crippen LogP contribution in [-0.2, 0) is 28.8 Å². The second kappa shape index (κ2) is 16.2. The molecule has 9 nitrogen and oxygen atoms in total. The summed E-state index contributed by atoms with van der Waals surface area (Å²) in [7, 11) is 3.21. The molecule has 1 aliphatic carbocycles. The molecule has 2 saturated heterocycles. The SMILES string of the molecule is C[C@H]1CCCCCCCCCC[C@@H](C(=O)C(=O)CCC(=O)N[C@H](C(=O)N(C)C)c2ccccc2)CC(=O)[C@@H]2[C@@H]3[C@H](CN2C1=O)C3(C)C. The van der Waals surface area contributed by atoms with E-state index in [0.717, 1.165) is 57.8 Å². The molecule has 2 aliphatic heterocycles. The number of hydrogen-bond acceptors (Lipinski definition) is 6. The number of nitrogens with zero attached hydrogens (tertiary/aromatic N) is 2. The van der Waals surface area contributed by atoms with Gasteiger partial charge in [0.15, 0.2) is 11.6 Å². The minimum atomic E-state index is -0.908. The molecule has 47 heavy (non-hydrogen) atoms. The summed E-state index contributed by atoms with van der Waals surface area (Å²) in [6.07, 6.45) is 8.86. The Balaban J connectivity index is 1.44. The molecular weight excluding hydrogens is 594 g/mol. The van der Waals surface area contributed by atoms with E-state index in [2.05, 4.69) is 19.2 Å². The molecule has 1 aromatic carbocycles. The summed E-state index contributed by atoms with van der Waals surface area (Å²) in [5.74, 6) is -2.75. The van der Waals surface area contributed by atoms with E-state index >= 15 is 0 Å². The molecule has 0 radical (unpaired) electrons. The molecule has 2 heterocycles. The van der Waals surface area contributed by atoms with Crippen LogP contribution >= 0.6 is 0 Å². The Kier molecular flexibility index (Phi) is 12.5. The van der Waals surface area contributed by atoms with Crippen molar-refractivity contribution in [1.82, 2.24) is 15.1 Å². The smallest absolute Gasteiger partial charge is 0.249 e. The number of rotatable bonds is 8. The number of ketones is 3. The Morgan fingerprint density at radius 3 is 2.11 bits per heavy atom. The van der Waals surface area contributed by atoms with Crippen LogP contribution in [0.2, 0.25) is 0 Å². The van der Waals surface area contributed by atoms with E-state index in [9.17, 15) is 28.8 Å². The molecular formula is C38H55N3O6. The number of fused-ring (bicyclic) bond motifs is 3. The maximum absolute atomic E-state index is 14.0. The van der Waals surface area contributed by atoms with Gasteiger partial charge in [-0.3, -0.25) is 28.8 Å². The fourth-order valence-corrected chi connectivity index (χ4v) is 7.88. The first kappa shape index (κ1) is 36.5. The van der Waals surface area contributed by atoms with Crippen LogP contribution in [-0.4, -0.2) is 71.6 Å². The van der Waals surface area contributed by atoms with Crippen molar-refractivity contribution in [2.75, 3.05) is 20.6 Å². The third-order valence-corrected chi connectivity index (χ3v) is 11.0. The average Bonchev–Trinajstić information content (AvgIpc) is 3.35. The molecule has 9 heteroatoms. The standard InChI is InChI=1S/C38H55N3O6/c1-25-17-13-10-8-6-7-9-11-14-20-27(23-30(43)34-32-28(38(32,2)3)24-41(34)36(25)46)35(45)29(42)21-22-31(44)39-33(37(47)40(4)5)26-18-15-12-16-19-26/h12,15-16,18-19,25,27-28,32-34H,6-11,13-14,17,20-24H2,1-5H3,(H,39,44)/t25-,27+,28-,32-,33-,34+/m0/s1. The Bertz CT molecular complexity index is 1310. The lowest BCUT2D eigenvalue weighted by Crippen LogP contribution is -2.48. The Hall–Kier alpha value is -3.36. The Morgan fingerprint density at radius 2 is 1.49 bits per heavy atom. The normalized spacial score (nSPS) is 27.5. The molecule has 1 aromatic rings. The lowest BCUT2D eigenvalue weighted by atomic mass is 9.85. The van der Waals surface area contributed by atoms with Gasteiger partial charge < -0.3 is 15.1 Å². The van der Waals surface area contributed by atoms with Crippen molar-refractivity contribution >= 4 is 35.1 Å². The van der Waals surface area contributed by atoms with Crippen molar-refractivity contribution in [1.29, 1.82) is 0 Å². The minimum absolute atomic E-state index is 0.0298. The van der Waals surface area contributed by atoms with Crippen LogP contribution < -0.4 is 5.32 Å². The van der Waals surface area contributed by atoms with Gasteiger partial charge in [0.25, 0.3) is 0 Å². The number of amides is 3. The predicted molar refractivity (Wildman–Crippen MR) is 180 cm³/mol. The van der Waals surface area contributed by atoms with Crippen LogP contribution in [0.1, 0.15) is 116 Å². The summed E-state index contributed by atoms with van der Waals surface area (Å²) >= 11 is 0. The van der Waals surface area contributed by atoms with E-state index in [4.69, 9.17) is 0 Å². The zero-order valence-electron chi connectivity index (χ0n) is 29.1. The third kappa shape index (κ3) is 8.96. The van der Waals surface area contributed by atoms with Crippen molar-refractivity contribution in [3.8, 4) is 0 Å². The van der Waals surface area contributed by atoms with Gasteiger partial charge in [-0.1, -0.05) is 102 Å². The topological polar surface area (TPSA) is 121 Å². The number of benzene rings is 1. The summed E-state index contributed by atoms with van der Waals surface area (Å²) in [6, 6.07) is 7.42. The molecule has 258 valence electrons.